The minimum absolute atomic E-state index is 0.0173. The van der Waals surface area contributed by atoms with Gasteiger partial charge in [-0.2, -0.15) is 0 Å². The summed E-state index contributed by atoms with van der Waals surface area (Å²) in [5.74, 6) is -0.0272. The lowest BCUT2D eigenvalue weighted by Gasteiger charge is -2.38. The number of aromatic nitrogens is 1. The number of piperazine rings is 1. The quantitative estimate of drug-likeness (QED) is 0.866. The van der Waals surface area contributed by atoms with E-state index in [2.05, 4.69) is 9.88 Å². The number of rotatable bonds is 4. The number of carbonyl (C=O) groups excluding carboxylic acids is 1. The molecule has 4 nitrogen and oxygen atoms in total. The number of nitrogens with zero attached hydrogens (tertiary/aromatic N) is 3. The SMILES string of the molecule is C[C@@H](c1ccccc1F)N1CCN(C(=O)Cc2ccncc2)CC1. The molecule has 2 aromatic rings. The number of pyridine rings is 1. The second-order valence-electron chi connectivity index (χ2n) is 6.15. The van der Waals surface area contributed by atoms with Gasteiger partial charge in [0.05, 0.1) is 6.42 Å². The van der Waals surface area contributed by atoms with Gasteiger partial charge in [0.15, 0.2) is 0 Å². The van der Waals surface area contributed by atoms with Crippen LogP contribution in [0.2, 0.25) is 0 Å². The number of hydrogen-bond acceptors (Lipinski definition) is 3. The smallest absolute Gasteiger partial charge is 0.227 e. The summed E-state index contributed by atoms with van der Waals surface area (Å²) < 4.78 is 13.9. The Morgan fingerprint density at radius 1 is 1.12 bits per heavy atom. The van der Waals surface area contributed by atoms with Gasteiger partial charge in [0.2, 0.25) is 5.91 Å². The van der Waals surface area contributed by atoms with Crippen LogP contribution in [0.5, 0.6) is 0 Å². The molecular weight excluding hydrogens is 305 g/mol. The summed E-state index contributed by atoms with van der Waals surface area (Å²) in [4.78, 5) is 20.5. The molecule has 1 fully saturated rings. The Morgan fingerprint density at radius 3 is 2.46 bits per heavy atom. The Hall–Kier alpha value is -2.27. The highest BCUT2D eigenvalue weighted by Crippen LogP contribution is 2.24. The normalized spacial score (nSPS) is 16.8. The number of amides is 1. The van der Waals surface area contributed by atoms with Crippen molar-refractivity contribution >= 4 is 5.91 Å². The molecular formula is C19H22FN3O. The largest absolute Gasteiger partial charge is 0.340 e. The zero-order valence-corrected chi connectivity index (χ0v) is 13.9. The molecule has 126 valence electrons. The first kappa shape index (κ1) is 16.6. The molecule has 0 bridgehead atoms. The van der Waals surface area contributed by atoms with Crippen LogP contribution in [-0.2, 0) is 11.2 Å². The molecule has 0 N–H and O–H groups in total. The van der Waals surface area contributed by atoms with Crippen molar-refractivity contribution in [2.45, 2.75) is 19.4 Å². The standard InChI is InChI=1S/C19H22FN3O/c1-15(17-4-2-3-5-18(17)20)22-10-12-23(13-11-22)19(24)14-16-6-8-21-9-7-16/h2-9,15H,10-14H2,1H3/t15-/m0/s1. The van der Waals surface area contributed by atoms with E-state index < -0.39 is 0 Å². The maximum atomic E-state index is 13.9. The topological polar surface area (TPSA) is 36.4 Å². The lowest BCUT2D eigenvalue weighted by molar-refractivity contribution is -0.132. The van der Waals surface area contributed by atoms with Gasteiger partial charge >= 0.3 is 0 Å². The molecule has 24 heavy (non-hydrogen) atoms. The number of halogens is 1. The zero-order valence-electron chi connectivity index (χ0n) is 13.9. The van der Waals surface area contributed by atoms with E-state index in [9.17, 15) is 9.18 Å². The summed E-state index contributed by atoms with van der Waals surface area (Å²) in [7, 11) is 0. The fourth-order valence-electron chi connectivity index (χ4n) is 3.16. The fraction of sp³-hybridized carbons (Fsp3) is 0.368. The molecule has 1 aliphatic heterocycles. The third-order valence-electron chi connectivity index (χ3n) is 4.67. The Morgan fingerprint density at radius 2 is 1.79 bits per heavy atom. The first-order valence-corrected chi connectivity index (χ1v) is 8.30. The van der Waals surface area contributed by atoms with Crippen molar-refractivity contribution in [1.29, 1.82) is 0 Å². The summed E-state index contributed by atoms with van der Waals surface area (Å²) >= 11 is 0. The summed E-state index contributed by atoms with van der Waals surface area (Å²) in [6.07, 6.45) is 3.82. The third-order valence-corrected chi connectivity index (χ3v) is 4.67. The average Bonchev–Trinajstić information content (AvgIpc) is 2.62. The average molecular weight is 327 g/mol. The van der Waals surface area contributed by atoms with Crippen LogP contribution in [-0.4, -0.2) is 46.9 Å². The van der Waals surface area contributed by atoms with Gasteiger partial charge in [-0.1, -0.05) is 18.2 Å². The van der Waals surface area contributed by atoms with E-state index in [-0.39, 0.29) is 17.8 Å². The predicted octanol–water partition coefficient (Wildman–Crippen LogP) is 2.67. The molecule has 0 unspecified atom stereocenters. The molecule has 1 aromatic heterocycles. The van der Waals surface area contributed by atoms with Crippen LogP contribution in [0.25, 0.3) is 0 Å². The lowest BCUT2D eigenvalue weighted by Crippen LogP contribution is -2.49. The molecule has 0 aliphatic carbocycles. The van der Waals surface area contributed by atoms with Crippen LogP contribution in [0.1, 0.15) is 24.1 Å². The highest BCUT2D eigenvalue weighted by molar-refractivity contribution is 5.78. The lowest BCUT2D eigenvalue weighted by atomic mass is 10.1. The van der Waals surface area contributed by atoms with Crippen molar-refractivity contribution in [3.05, 3.63) is 65.7 Å². The summed E-state index contributed by atoms with van der Waals surface area (Å²) in [6, 6.07) is 10.7. The van der Waals surface area contributed by atoms with Gasteiger partial charge in [-0.15, -0.1) is 0 Å². The number of carbonyl (C=O) groups is 1. The molecule has 0 saturated carbocycles. The number of hydrogen-bond donors (Lipinski definition) is 0. The molecule has 2 heterocycles. The van der Waals surface area contributed by atoms with Gasteiger partial charge in [0.25, 0.3) is 0 Å². The van der Waals surface area contributed by atoms with E-state index in [0.29, 0.717) is 25.1 Å². The Balaban J connectivity index is 1.56. The minimum Gasteiger partial charge on any atom is -0.340 e. The van der Waals surface area contributed by atoms with Gasteiger partial charge in [0, 0.05) is 50.2 Å². The van der Waals surface area contributed by atoms with Crippen molar-refractivity contribution in [3.8, 4) is 0 Å². The minimum atomic E-state index is -0.166. The Labute approximate surface area is 141 Å². The van der Waals surface area contributed by atoms with Gasteiger partial charge in [-0.3, -0.25) is 14.7 Å². The molecule has 1 aromatic carbocycles. The van der Waals surface area contributed by atoms with Crippen LogP contribution < -0.4 is 0 Å². The Bertz CT molecular complexity index is 684. The molecule has 0 spiro atoms. The second kappa shape index (κ2) is 7.53. The number of benzene rings is 1. The molecule has 3 rings (SSSR count). The van der Waals surface area contributed by atoms with Gasteiger partial charge in [-0.25, -0.2) is 4.39 Å². The Kier molecular flexibility index (Phi) is 5.20. The first-order chi connectivity index (χ1) is 11.6. The van der Waals surface area contributed by atoms with E-state index >= 15 is 0 Å². The zero-order chi connectivity index (χ0) is 16.9. The van der Waals surface area contributed by atoms with E-state index in [1.807, 2.05) is 36.1 Å². The highest BCUT2D eigenvalue weighted by Gasteiger charge is 2.25. The predicted molar refractivity (Wildman–Crippen MR) is 90.9 cm³/mol. The van der Waals surface area contributed by atoms with Crippen LogP contribution in [0.4, 0.5) is 4.39 Å². The van der Waals surface area contributed by atoms with Crippen LogP contribution in [0.3, 0.4) is 0 Å². The van der Waals surface area contributed by atoms with Crippen molar-refractivity contribution in [1.82, 2.24) is 14.8 Å². The summed E-state index contributed by atoms with van der Waals surface area (Å²) in [5, 5.41) is 0. The highest BCUT2D eigenvalue weighted by atomic mass is 19.1. The summed E-state index contributed by atoms with van der Waals surface area (Å²) in [5.41, 5.74) is 1.70. The molecule has 1 amide bonds. The van der Waals surface area contributed by atoms with E-state index in [1.54, 1.807) is 18.5 Å². The monoisotopic (exact) mass is 327 g/mol. The van der Waals surface area contributed by atoms with E-state index in [0.717, 1.165) is 18.7 Å². The molecule has 1 saturated heterocycles. The van der Waals surface area contributed by atoms with Crippen molar-refractivity contribution in [2.24, 2.45) is 0 Å². The van der Waals surface area contributed by atoms with Gasteiger partial charge < -0.3 is 4.90 Å². The van der Waals surface area contributed by atoms with Crippen LogP contribution in [0.15, 0.2) is 48.8 Å². The van der Waals surface area contributed by atoms with E-state index in [1.165, 1.54) is 6.07 Å². The van der Waals surface area contributed by atoms with Crippen molar-refractivity contribution in [3.63, 3.8) is 0 Å². The van der Waals surface area contributed by atoms with Gasteiger partial charge in [-0.05, 0) is 30.7 Å². The summed E-state index contributed by atoms with van der Waals surface area (Å²) in [6.45, 7) is 4.91. The van der Waals surface area contributed by atoms with Crippen molar-refractivity contribution in [2.75, 3.05) is 26.2 Å². The fourth-order valence-corrected chi connectivity index (χ4v) is 3.16. The third kappa shape index (κ3) is 3.79. The van der Waals surface area contributed by atoms with Crippen LogP contribution in [0, 0.1) is 5.82 Å². The molecule has 1 atom stereocenters. The molecule has 1 aliphatic rings. The van der Waals surface area contributed by atoms with Gasteiger partial charge in [0.1, 0.15) is 5.82 Å². The maximum Gasteiger partial charge on any atom is 0.227 e. The van der Waals surface area contributed by atoms with Crippen LogP contribution >= 0.6 is 0 Å². The maximum absolute atomic E-state index is 13.9. The first-order valence-electron chi connectivity index (χ1n) is 8.30. The van der Waals surface area contributed by atoms with Crippen molar-refractivity contribution < 1.29 is 9.18 Å². The molecule has 5 heteroatoms. The molecule has 0 radical (unpaired) electrons. The van der Waals surface area contributed by atoms with E-state index in [4.69, 9.17) is 0 Å². The second-order valence-corrected chi connectivity index (χ2v) is 6.15.